The van der Waals surface area contributed by atoms with Gasteiger partial charge >= 0.3 is 0 Å². The van der Waals surface area contributed by atoms with Gasteiger partial charge in [0.2, 0.25) is 0 Å². The Hall–Kier alpha value is -3.44. The average molecular weight is 375 g/mol. The molecule has 0 bridgehead atoms. The van der Waals surface area contributed by atoms with Gasteiger partial charge in [0.15, 0.2) is 0 Å². The van der Waals surface area contributed by atoms with Crippen LogP contribution in [0.2, 0.25) is 5.02 Å². The highest BCUT2D eigenvalue weighted by Gasteiger charge is 2.14. The number of imidazole rings is 1. The van der Waals surface area contributed by atoms with Gasteiger partial charge in [0.25, 0.3) is 5.91 Å². The molecule has 1 amide bonds. The molecule has 5 nitrogen and oxygen atoms in total. The molecule has 0 saturated carbocycles. The summed E-state index contributed by atoms with van der Waals surface area (Å²) in [5.41, 5.74) is 6.38. The molecule has 0 atom stereocenters. The van der Waals surface area contributed by atoms with Crippen LogP contribution in [0.4, 0.5) is 0 Å². The Kier molecular flexibility index (Phi) is 4.68. The summed E-state index contributed by atoms with van der Waals surface area (Å²) in [7, 11) is 0. The van der Waals surface area contributed by atoms with Gasteiger partial charge in [0.1, 0.15) is 5.82 Å². The second-order valence-corrected chi connectivity index (χ2v) is 6.34. The third-order valence-electron chi connectivity index (χ3n) is 4.07. The van der Waals surface area contributed by atoms with Crippen LogP contribution in [-0.4, -0.2) is 22.1 Å². The number of hydrogen-bond acceptors (Lipinski definition) is 3. The number of hydrogen-bond donors (Lipinski definition) is 2. The number of para-hydroxylation sites is 2. The van der Waals surface area contributed by atoms with Crippen molar-refractivity contribution in [1.29, 1.82) is 0 Å². The van der Waals surface area contributed by atoms with Crippen molar-refractivity contribution in [1.82, 2.24) is 15.4 Å². The fourth-order valence-electron chi connectivity index (χ4n) is 2.74. The maximum Gasteiger partial charge on any atom is 0.272 e. The van der Waals surface area contributed by atoms with E-state index in [1.165, 1.54) is 0 Å². The quantitative estimate of drug-likeness (QED) is 0.403. The smallest absolute Gasteiger partial charge is 0.272 e. The Balaban J connectivity index is 1.58. The molecule has 0 radical (unpaired) electrons. The van der Waals surface area contributed by atoms with Crippen molar-refractivity contribution < 1.29 is 4.79 Å². The first-order valence-electron chi connectivity index (χ1n) is 8.34. The highest BCUT2D eigenvalue weighted by atomic mass is 35.5. The minimum absolute atomic E-state index is 0.309. The number of amides is 1. The van der Waals surface area contributed by atoms with Gasteiger partial charge in [0.05, 0.1) is 22.8 Å². The number of carbonyl (C=O) groups is 1. The number of halogens is 1. The van der Waals surface area contributed by atoms with Gasteiger partial charge in [-0.3, -0.25) is 4.79 Å². The summed E-state index contributed by atoms with van der Waals surface area (Å²) in [4.78, 5) is 20.4. The number of nitrogens with zero attached hydrogens (tertiary/aromatic N) is 2. The molecular weight excluding hydrogens is 360 g/mol. The number of aromatic nitrogens is 2. The standard InChI is InChI=1S/C21H15ClN4O/c22-15-11-9-14(10-12-15)13-23-26-21(27)17-6-2-1-5-16(17)20-24-18-7-3-4-8-19(18)25-20/h1-13H,(H,24,25)(H,26,27)/b23-13+. The predicted molar refractivity (Wildman–Crippen MR) is 108 cm³/mol. The summed E-state index contributed by atoms with van der Waals surface area (Å²) in [5, 5.41) is 4.68. The van der Waals surface area contributed by atoms with Crippen LogP contribution in [-0.2, 0) is 0 Å². The van der Waals surface area contributed by atoms with Crippen molar-refractivity contribution in [3.05, 3.63) is 88.9 Å². The molecule has 6 heteroatoms. The lowest BCUT2D eigenvalue weighted by Crippen LogP contribution is -2.18. The van der Waals surface area contributed by atoms with Crippen LogP contribution in [0.3, 0.4) is 0 Å². The summed E-state index contributed by atoms with van der Waals surface area (Å²) in [5.74, 6) is 0.333. The minimum Gasteiger partial charge on any atom is -0.338 e. The third kappa shape index (κ3) is 3.73. The van der Waals surface area contributed by atoms with E-state index in [0.29, 0.717) is 22.0 Å². The van der Waals surface area contributed by atoms with Crippen molar-refractivity contribution in [3.63, 3.8) is 0 Å². The largest absolute Gasteiger partial charge is 0.338 e. The lowest BCUT2D eigenvalue weighted by Gasteiger charge is -2.05. The monoisotopic (exact) mass is 374 g/mol. The van der Waals surface area contributed by atoms with E-state index < -0.39 is 0 Å². The molecule has 0 spiro atoms. The number of fused-ring (bicyclic) bond motifs is 1. The Morgan fingerprint density at radius 1 is 1.00 bits per heavy atom. The van der Waals surface area contributed by atoms with Crippen LogP contribution >= 0.6 is 11.6 Å². The van der Waals surface area contributed by atoms with Gasteiger partial charge in [-0.25, -0.2) is 10.4 Å². The van der Waals surface area contributed by atoms with Gasteiger partial charge in [-0.1, -0.05) is 54.1 Å². The van der Waals surface area contributed by atoms with Crippen LogP contribution in [0.1, 0.15) is 15.9 Å². The molecule has 0 fully saturated rings. The Labute approximate surface area is 160 Å². The van der Waals surface area contributed by atoms with Crippen molar-refractivity contribution in [3.8, 4) is 11.4 Å². The predicted octanol–water partition coefficient (Wildman–Crippen LogP) is 4.65. The second kappa shape index (κ2) is 7.43. The zero-order valence-electron chi connectivity index (χ0n) is 14.2. The summed E-state index contributed by atoms with van der Waals surface area (Å²) in [6.07, 6.45) is 1.57. The van der Waals surface area contributed by atoms with Crippen molar-refractivity contribution in [2.75, 3.05) is 0 Å². The Bertz CT molecular complexity index is 1100. The molecule has 0 unspecified atom stereocenters. The number of aromatic amines is 1. The molecule has 132 valence electrons. The van der Waals surface area contributed by atoms with E-state index in [-0.39, 0.29) is 5.91 Å². The lowest BCUT2D eigenvalue weighted by atomic mass is 10.1. The summed E-state index contributed by atoms with van der Waals surface area (Å²) in [6.45, 7) is 0. The first kappa shape index (κ1) is 17.0. The van der Waals surface area contributed by atoms with E-state index in [4.69, 9.17) is 11.6 Å². The van der Waals surface area contributed by atoms with E-state index in [2.05, 4.69) is 20.5 Å². The maximum absolute atomic E-state index is 12.6. The average Bonchev–Trinajstić information content (AvgIpc) is 3.13. The van der Waals surface area contributed by atoms with Crippen molar-refractivity contribution >= 4 is 34.8 Å². The van der Waals surface area contributed by atoms with E-state index in [1.54, 1.807) is 24.4 Å². The first-order valence-corrected chi connectivity index (χ1v) is 8.71. The van der Waals surface area contributed by atoms with Crippen LogP contribution in [0, 0.1) is 0 Å². The number of rotatable bonds is 4. The third-order valence-corrected chi connectivity index (χ3v) is 4.32. The molecule has 0 aliphatic carbocycles. The molecule has 3 aromatic carbocycles. The van der Waals surface area contributed by atoms with Crippen molar-refractivity contribution in [2.45, 2.75) is 0 Å². The van der Waals surface area contributed by atoms with E-state index in [0.717, 1.165) is 16.6 Å². The van der Waals surface area contributed by atoms with Gasteiger partial charge in [-0.2, -0.15) is 5.10 Å². The SMILES string of the molecule is O=C(N/N=C/c1ccc(Cl)cc1)c1ccccc1-c1nc2ccccc2[nH]1. The van der Waals surface area contributed by atoms with Crippen LogP contribution < -0.4 is 5.43 Å². The second-order valence-electron chi connectivity index (χ2n) is 5.90. The van der Waals surface area contributed by atoms with Gasteiger partial charge < -0.3 is 4.98 Å². The van der Waals surface area contributed by atoms with Gasteiger partial charge in [-0.15, -0.1) is 0 Å². The molecule has 1 aromatic heterocycles. The normalized spacial score (nSPS) is 11.1. The highest BCUT2D eigenvalue weighted by molar-refractivity contribution is 6.30. The highest BCUT2D eigenvalue weighted by Crippen LogP contribution is 2.23. The molecule has 0 aliphatic heterocycles. The van der Waals surface area contributed by atoms with E-state index in [9.17, 15) is 4.79 Å². The molecule has 2 N–H and O–H groups in total. The van der Waals surface area contributed by atoms with Gasteiger partial charge in [0, 0.05) is 10.6 Å². The van der Waals surface area contributed by atoms with E-state index >= 15 is 0 Å². The van der Waals surface area contributed by atoms with Crippen LogP contribution in [0.25, 0.3) is 22.4 Å². The van der Waals surface area contributed by atoms with Crippen LogP contribution in [0.15, 0.2) is 77.9 Å². The Morgan fingerprint density at radius 2 is 1.74 bits per heavy atom. The molecule has 1 heterocycles. The first-order chi connectivity index (χ1) is 13.2. The van der Waals surface area contributed by atoms with Gasteiger partial charge in [-0.05, 0) is 35.9 Å². The van der Waals surface area contributed by atoms with Crippen LogP contribution in [0.5, 0.6) is 0 Å². The zero-order valence-corrected chi connectivity index (χ0v) is 14.9. The molecule has 0 saturated heterocycles. The maximum atomic E-state index is 12.6. The molecule has 4 rings (SSSR count). The molecule has 0 aliphatic rings. The number of carbonyl (C=O) groups excluding carboxylic acids is 1. The fourth-order valence-corrected chi connectivity index (χ4v) is 2.87. The summed E-state index contributed by atoms with van der Waals surface area (Å²) in [6, 6.07) is 22.2. The number of benzene rings is 3. The molecule has 4 aromatic rings. The fraction of sp³-hybridized carbons (Fsp3) is 0. The minimum atomic E-state index is -0.309. The zero-order chi connectivity index (χ0) is 18.6. The number of H-pyrrole nitrogens is 1. The summed E-state index contributed by atoms with van der Waals surface area (Å²) < 4.78 is 0. The molecular formula is C21H15ClN4O. The number of nitrogens with one attached hydrogen (secondary N) is 2. The summed E-state index contributed by atoms with van der Waals surface area (Å²) >= 11 is 5.86. The number of hydrazone groups is 1. The lowest BCUT2D eigenvalue weighted by molar-refractivity contribution is 0.0955. The molecule has 27 heavy (non-hydrogen) atoms. The topological polar surface area (TPSA) is 70.1 Å². The Morgan fingerprint density at radius 3 is 2.56 bits per heavy atom. The van der Waals surface area contributed by atoms with E-state index in [1.807, 2.05) is 54.6 Å². The van der Waals surface area contributed by atoms with Crippen molar-refractivity contribution in [2.24, 2.45) is 5.10 Å².